The third-order valence-corrected chi connectivity index (χ3v) is 11.0. The molecule has 4 bridgehead atoms. The smallest absolute Gasteiger partial charge is 0.409 e. The van der Waals surface area contributed by atoms with Crippen molar-refractivity contribution >= 4 is 28.0 Å². The van der Waals surface area contributed by atoms with Crippen LogP contribution in [-0.2, 0) is 14.8 Å². The molecule has 49 heavy (non-hydrogen) atoms. The Bertz CT molecular complexity index is 1810. The lowest BCUT2D eigenvalue weighted by Gasteiger charge is -2.51. The van der Waals surface area contributed by atoms with E-state index in [1.807, 2.05) is 43.9 Å². The van der Waals surface area contributed by atoms with Gasteiger partial charge in [-0.25, -0.2) is 22.9 Å². The van der Waals surface area contributed by atoms with Crippen LogP contribution in [0.15, 0.2) is 53.4 Å². The summed E-state index contributed by atoms with van der Waals surface area (Å²) in [5.41, 5.74) is 3.30. The maximum Gasteiger partial charge on any atom is 0.409 e. The zero-order valence-corrected chi connectivity index (χ0v) is 30.8. The molecule has 5 rings (SSSR count). The van der Waals surface area contributed by atoms with Gasteiger partial charge in [0.05, 0.1) is 23.7 Å². The Labute approximate surface area is 290 Å². The molecule has 12 heteroatoms. The number of amides is 2. The first-order valence-corrected chi connectivity index (χ1v) is 18.2. The second-order valence-corrected chi connectivity index (χ2v) is 16.9. The van der Waals surface area contributed by atoms with Gasteiger partial charge in [0.15, 0.2) is 0 Å². The summed E-state index contributed by atoms with van der Waals surface area (Å²) in [7, 11) is -1.04. The molecule has 2 amide bonds. The van der Waals surface area contributed by atoms with Crippen molar-refractivity contribution < 1.29 is 27.5 Å². The van der Waals surface area contributed by atoms with E-state index in [2.05, 4.69) is 42.4 Å². The van der Waals surface area contributed by atoms with Crippen molar-refractivity contribution in [2.45, 2.75) is 97.2 Å². The summed E-state index contributed by atoms with van der Waals surface area (Å²) in [5, 5.41) is 0. The number of anilines is 1. The summed E-state index contributed by atoms with van der Waals surface area (Å²) in [6, 6.07) is 13.2. The number of carbonyl (C=O) groups is 2. The molecule has 0 saturated heterocycles. The van der Waals surface area contributed by atoms with Crippen LogP contribution in [0.5, 0.6) is 5.88 Å². The number of ether oxygens (including phenoxy) is 2. The van der Waals surface area contributed by atoms with Crippen molar-refractivity contribution in [3.05, 3.63) is 65.2 Å². The first kappa shape index (κ1) is 36.1. The van der Waals surface area contributed by atoms with Gasteiger partial charge < -0.3 is 19.3 Å². The van der Waals surface area contributed by atoms with Crippen molar-refractivity contribution in [1.82, 2.24) is 19.8 Å². The maximum absolute atomic E-state index is 14.6. The molecule has 0 radical (unpaired) electrons. The average Bonchev–Trinajstić information content (AvgIpc) is 3.00. The number of benzene rings is 2. The van der Waals surface area contributed by atoms with Crippen LogP contribution in [0.25, 0.3) is 11.3 Å². The average molecular weight is 692 g/mol. The molecule has 11 nitrogen and oxygen atoms in total. The highest BCUT2D eigenvalue weighted by atomic mass is 32.2. The monoisotopic (exact) mass is 691 g/mol. The standard InChI is InChI=1S/C37H49N5O6S/c1-23-12-10-13-24(2)32(23)30-17-31-39-34(38-30)40-49(45,46)29-15-11-14-26(16-29)33(43)42(28(22-48-31)19-36(4,5)6)25(3)18-37(7)20-27(21-37)41(8)35(44)47-9/h10-17,25,27-28H,18-22H2,1-9H3,(H,38,39,40)/t25?,27-,28-,37-/m1/s1. The summed E-state index contributed by atoms with van der Waals surface area (Å²) in [4.78, 5) is 39.3. The van der Waals surface area contributed by atoms with E-state index in [4.69, 9.17) is 9.47 Å². The van der Waals surface area contributed by atoms with E-state index in [0.717, 1.165) is 29.5 Å². The largest absolute Gasteiger partial charge is 0.475 e. The molecule has 1 fully saturated rings. The molecule has 1 aliphatic heterocycles. The number of nitrogens with zero attached hydrogens (tertiary/aromatic N) is 4. The predicted molar refractivity (Wildman–Crippen MR) is 189 cm³/mol. The number of sulfonamides is 1. The first-order valence-electron chi connectivity index (χ1n) is 16.7. The molecule has 2 aromatic carbocycles. The molecule has 1 N–H and O–H groups in total. The van der Waals surface area contributed by atoms with Crippen molar-refractivity contribution in [2.24, 2.45) is 10.8 Å². The molecule has 264 valence electrons. The minimum absolute atomic E-state index is 0.0524. The molecule has 1 aromatic heterocycles. The lowest BCUT2D eigenvalue weighted by atomic mass is 9.63. The summed E-state index contributed by atoms with van der Waals surface area (Å²) < 4.78 is 41.3. The van der Waals surface area contributed by atoms with Gasteiger partial charge in [-0.05, 0) is 86.6 Å². The molecular formula is C37H49N5O6S. The second kappa shape index (κ2) is 13.6. The van der Waals surface area contributed by atoms with Crippen LogP contribution in [0.3, 0.4) is 0 Å². The van der Waals surface area contributed by atoms with E-state index in [-0.39, 0.29) is 69.9 Å². The number of hydrogen-bond acceptors (Lipinski definition) is 8. The number of carbonyl (C=O) groups excluding carboxylic acids is 2. The SMILES string of the molecule is COC(=O)N(C)[C@H]1C[C@](C)(CC(C)N2C(=O)c3cccc(c3)S(=O)(=O)Nc3nc(cc(-c4c(C)cccc4C)n3)OC[C@H]2CC(C)(C)C)C1. The molecule has 1 saturated carbocycles. The molecule has 2 heterocycles. The van der Waals surface area contributed by atoms with Gasteiger partial charge in [-0.3, -0.25) is 4.79 Å². The van der Waals surface area contributed by atoms with Crippen molar-refractivity contribution in [1.29, 1.82) is 0 Å². The molecule has 3 aromatic rings. The van der Waals surface area contributed by atoms with Gasteiger partial charge in [-0.2, -0.15) is 4.98 Å². The Kier molecular flexibility index (Phi) is 10.0. The quantitative estimate of drug-likeness (QED) is 0.297. The summed E-state index contributed by atoms with van der Waals surface area (Å²) in [6.07, 6.45) is 2.48. The van der Waals surface area contributed by atoms with E-state index in [1.54, 1.807) is 30.1 Å². The topological polar surface area (TPSA) is 131 Å². The number of hydrogen-bond donors (Lipinski definition) is 1. The fraction of sp³-hybridized carbons (Fsp3) is 0.514. The van der Waals surface area contributed by atoms with Crippen molar-refractivity contribution in [3.8, 4) is 17.1 Å². The van der Waals surface area contributed by atoms with Gasteiger partial charge in [0, 0.05) is 36.3 Å². The minimum atomic E-state index is -4.17. The fourth-order valence-corrected chi connectivity index (χ4v) is 8.48. The number of rotatable bonds is 6. The van der Waals surface area contributed by atoms with Crippen LogP contribution in [0.2, 0.25) is 0 Å². The Morgan fingerprint density at radius 1 is 1.12 bits per heavy atom. The lowest BCUT2D eigenvalue weighted by Crippen LogP contribution is -2.55. The Morgan fingerprint density at radius 2 is 1.78 bits per heavy atom. The zero-order valence-electron chi connectivity index (χ0n) is 30.0. The molecule has 1 aliphatic carbocycles. The van der Waals surface area contributed by atoms with Crippen LogP contribution in [0, 0.1) is 24.7 Å². The fourth-order valence-electron chi connectivity index (χ4n) is 7.49. The van der Waals surface area contributed by atoms with E-state index >= 15 is 0 Å². The highest BCUT2D eigenvalue weighted by Crippen LogP contribution is 2.47. The van der Waals surface area contributed by atoms with Gasteiger partial charge in [-0.1, -0.05) is 52.0 Å². The van der Waals surface area contributed by atoms with Gasteiger partial charge in [0.25, 0.3) is 15.9 Å². The van der Waals surface area contributed by atoms with Crippen molar-refractivity contribution in [2.75, 3.05) is 25.5 Å². The number of aryl methyl sites for hydroxylation is 2. The number of nitrogens with one attached hydrogen (secondary N) is 1. The van der Waals surface area contributed by atoms with Crippen LogP contribution in [0.4, 0.5) is 10.7 Å². The maximum atomic E-state index is 14.6. The summed E-state index contributed by atoms with van der Waals surface area (Å²) in [5.74, 6) is -0.190. The molecule has 0 spiro atoms. The van der Waals surface area contributed by atoms with E-state index < -0.39 is 10.0 Å². The van der Waals surface area contributed by atoms with Gasteiger partial charge in [0.1, 0.15) is 6.61 Å². The van der Waals surface area contributed by atoms with E-state index in [0.29, 0.717) is 18.5 Å². The van der Waals surface area contributed by atoms with E-state index in [9.17, 15) is 18.0 Å². The Morgan fingerprint density at radius 3 is 2.41 bits per heavy atom. The van der Waals surface area contributed by atoms with Crippen LogP contribution < -0.4 is 9.46 Å². The third kappa shape index (κ3) is 8.01. The zero-order chi connectivity index (χ0) is 35.9. The van der Waals surface area contributed by atoms with E-state index in [1.165, 1.54) is 19.2 Å². The molecule has 2 aliphatic rings. The predicted octanol–water partition coefficient (Wildman–Crippen LogP) is 6.85. The van der Waals surface area contributed by atoms with Gasteiger partial charge in [0.2, 0.25) is 11.8 Å². The minimum Gasteiger partial charge on any atom is -0.475 e. The van der Waals surface area contributed by atoms with Gasteiger partial charge in [-0.15, -0.1) is 0 Å². The number of fused-ring (bicyclic) bond motifs is 4. The Balaban J connectivity index is 1.58. The molecular weight excluding hydrogens is 643 g/mol. The normalized spacial score (nSPS) is 22.6. The highest BCUT2D eigenvalue weighted by molar-refractivity contribution is 7.92. The molecule has 2 atom stereocenters. The first-order chi connectivity index (χ1) is 22.9. The highest BCUT2D eigenvalue weighted by Gasteiger charge is 2.46. The summed E-state index contributed by atoms with van der Waals surface area (Å²) >= 11 is 0. The number of methoxy groups -OCH3 is 1. The Hall–Kier alpha value is -4.19. The van der Waals surface area contributed by atoms with Crippen LogP contribution in [-0.4, -0.2) is 79.1 Å². The third-order valence-electron chi connectivity index (χ3n) is 9.69. The van der Waals surface area contributed by atoms with Crippen LogP contribution in [0.1, 0.15) is 81.8 Å². The summed E-state index contributed by atoms with van der Waals surface area (Å²) in [6.45, 7) is 14.7. The lowest BCUT2D eigenvalue weighted by molar-refractivity contribution is -0.00780. The van der Waals surface area contributed by atoms with Crippen LogP contribution >= 0.6 is 0 Å². The number of aromatic nitrogens is 2. The van der Waals surface area contributed by atoms with Gasteiger partial charge >= 0.3 is 6.09 Å². The van der Waals surface area contributed by atoms with Crippen molar-refractivity contribution in [3.63, 3.8) is 0 Å². The second-order valence-electron chi connectivity index (χ2n) is 15.3. The molecule has 1 unspecified atom stereocenters.